The normalized spacial score (nSPS) is 12.3. The van der Waals surface area contributed by atoms with Gasteiger partial charge in [-0.25, -0.2) is 4.98 Å². The first-order valence-corrected chi connectivity index (χ1v) is 7.95. The van der Waals surface area contributed by atoms with E-state index in [4.69, 9.17) is 0 Å². The topological polar surface area (TPSA) is 24.9 Å². The van der Waals surface area contributed by atoms with Gasteiger partial charge in [0, 0.05) is 22.7 Å². The molecule has 3 heteroatoms. The van der Waals surface area contributed by atoms with Crippen molar-refractivity contribution < 1.29 is 0 Å². The molecule has 20 heavy (non-hydrogen) atoms. The van der Waals surface area contributed by atoms with Crippen LogP contribution in [-0.4, -0.2) is 11.5 Å². The molecule has 0 aliphatic rings. The smallest absolute Gasteiger partial charge is 0.105 e. The van der Waals surface area contributed by atoms with Crippen molar-refractivity contribution in [1.82, 2.24) is 10.3 Å². The van der Waals surface area contributed by atoms with E-state index in [-0.39, 0.29) is 0 Å². The summed E-state index contributed by atoms with van der Waals surface area (Å²) in [7, 11) is 0. The highest BCUT2D eigenvalue weighted by molar-refractivity contribution is 7.99. The average Bonchev–Trinajstić information content (AvgIpc) is 2.48. The molecule has 2 rings (SSSR count). The van der Waals surface area contributed by atoms with Crippen molar-refractivity contribution >= 4 is 11.8 Å². The van der Waals surface area contributed by atoms with E-state index in [9.17, 15) is 0 Å². The van der Waals surface area contributed by atoms with E-state index in [2.05, 4.69) is 61.4 Å². The first-order chi connectivity index (χ1) is 9.72. The minimum absolute atomic E-state index is 0.329. The van der Waals surface area contributed by atoms with Crippen LogP contribution < -0.4 is 5.32 Å². The highest BCUT2D eigenvalue weighted by atomic mass is 32.2. The van der Waals surface area contributed by atoms with E-state index in [1.807, 2.05) is 12.3 Å². The zero-order valence-corrected chi connectivity index (χ0v) is 13.2. The number of hydrogen-bond donors (Lipinski definition) is 1. The van der Waals surface area contributed by atoms with Crippen LogP contribution in [0.3, 0.4) is 0 Å². The van der Waals surface area contributed by atoms with Crippen molar-refractivity contribution in [3.63, 3.8) is 0 Å². The summed E-state index contributed by atoms with van der Waals surface area (Å²) in [5.74, 6) is 0. The maximum Gasteiger partial charge on any atom is 0.105 e. The van der Waals surface area contributed by atoms with Gasteiger partial charge in [0.25, 0.3) is 0 Å². The lowest BCUT2D eigenvalue weighted by molar-refractivity contribution is 0.560. The molecule has 1 heterocycles. The second kappa shape index (κ2) is 7.46. The molecule has 1 unspecified atom stereocenters. The monoisotopic (exact) mass is 286 g/mol. The van der Waals surface area contributed by atoms with E-state index in [1.165, 1.54) is 16.0 Å². The Hall–Kier alpha value is -1.32. The second-order valence-electron chi connectivity index (χ2n) is 4.94. The number of benzene rings is 1. The maximum atomic E-state index is 4.57. The summed E-state index contributed by atoms with van der Waals surface area (Å²) >= 11 is 1.75. The number of aryl methyl sites for hydroxylation is 1. The van der Waals surface area contributed by atoms with Crippen LogP contribution in [0, 0.1) is 6.92 Å². The molecular formula is C17H22N2S. The van der Waals surface area contributed by atoms with Gasteiger partial charge in [-0.15, -0.1) is 0 Å². The lowest BCUT2D eigenvalue weighted by Gasteiger charge is -2.17. The minimum Gasteiger partial charge on any atom is -0.310 e. The zero-order chi connectivity index (χ0) is 14.4. The van der Waals surface area contributed by atoms with E-state index < -0.39 is 0 Å². The Morgan fingerprint density at radius 2 is 2.00 bits per heavy atom. The van der Waals surface area contributed by atoms with Crippen molar-refractivity contribution in [2.75, 3.05) is 6.54 Å². The molecule has 1 atom stereocenters. The molecule has 1 aromatic carbocycles. The largest absolute Gasteiger partial charge is 0.310 e. The average molecular weight is 286 g/mol. The number of nitrogens with zero attached hydrogens (tertiary/aromatic N) is 1. The van der Waals surface area contributed by atoms with Crippen LogP contribution in [0.25, 0.3) is 0 Å². The molecule has 0 saturated carbocycles. The Kier molecular flexibility index (Phi) is 5.62. The van der Waals surface area contributed by atoms with Crippen LogP contribution in [0.2, 0.25) is 0 Å². The highest BCUT2D eigenvalue weighted by Crippen LogP contribution is 2.33. The quantitative estimate of drug-likeness (QED) is 0.840. The van der Waals surface area contributed by atoms with Crippen LogP contribution in [-0.2, 0) is 0 Å². The van der Waals surface area contributed by atoms with Gasteiger partial charge in [-0.1, -0.05) is 43.0 Å². The lowest BCUT2D eigenvalue weighted by atomic mass is 10.1. The molecule has 0 radical (unpaired) electrons. The third-order valence-electron chi connectivity index (χ3n) is 3.27. The van der Waals surface area contributed by atoms with Gasteiger partial charge in [-0.3, -0.25) is 0 Å². The SMILES string of the molecule is CCCNC(C)c1cccnc1Sc1ccccc1C. The first kappa shape index (κ1) is 15.1. The van der Waals surface area contributed by atoms with Crippen molar-refractivity contribution in [2.24, 2.45) is 0 Å². The Bertz CT molecular complexity index is 554. The highest BCUT2D eigenvalue weighted by Gasteiger charge is 2.12. The van der Waals surface area contributed by atoms with Crippen molar-refractivity contribution in [2.45, 2.75) is 43.2 Å². The van der Waals surface area contributed by atoms with Crippen molar-refractivity contribution in [1.29, 1.82) is 0 Å². The first-order valence-electron chi connectivity index (χ1n) is 7.14. The van der Waals surface area contributed by atoms with Gasteiger partial charge in [0.1, 0.15) is 5.03 Å². The molecular weight excluding hydrogens is 264 g/mol. The minimum atomic E-state index is 0.329. The summed E-state index contributed by atoms with van der Waals surface area (Å²) < 4.78 is 0. The van der Waals surface area contributed by atoms with Crippen molar-refractivity contribution in [3.05, 3.63) is 53.7 Å². The number of pyridine rings is 1. The third kappa shape index (κ3) is 3.84. The van der Waals surface area contributed by atoms with Gasteiger partial charge < -0.3 is 5.32 Å². The molecule has 2 aromatic rings. The van der Waals surface area contributed by atoms with E-state index in [0.29, 0.717) is 6.04 Å². The molecule has 1 N–H and O–H groups in total. The summed E-state index contributed by atoms with van der Waals surface area (Å²) in [4.78, 5) is 5.84. The summed E-state index contributed by atoms with van der Waals surface area (Å²) in [5, 5.41) is 4.63. The molecule has 0 spiro atoms. The van der Waals surface area contributed by atoms with Crippen LogP contribution in [0.15, 0.2) is 52.5 Å². The fraction of sp³-hybridized carbons (Fsp3) is 0.353. The van der Waals surface area contributed by atoms with Gasteiger partial charge in [-0.05, 0) is 44.5 Å². The fourth-order valence-corrected chi connectivity index (χ4v) is 3.12. The molecule has 2 nitrogen and oxygen atoms in total. The van der Waals surface area contributed by atoms with Gasteiger partial charge in [0.05, 0.1) is 0 Å². The molecule has 1 aromatic heterocycles. The molecule has 106 valence electrons. The standard InChI is InChI=1S/C17H22N2S/c1-4-11-18-14(3)15-9-7-12-19-17(15)20-16-10-6-5-8-13(16)2/h5-10,12,14,18H,4,11H2,1-3H3. The van der Waals surface area contributed by atoms with Gasteiger partial charge in [-0.2, -0.15) is 0 Å². The van der Waals surface area contributed by atoms with E-state index in [1.54, 1.807) is 11.8 Å². The number of hydrogen-bond acceptors (Lipinski definition) is 3. The predicted octanol–water partition coefficient (Wildman–Crippen LogP) is 4.60. The number of nitrogens with one attached hydrogen (secondary N) is 1. The zero-order valence-electron chi connectivity index (χ0n) is 12.4. The summed E-state index contributed by atoms with van der Waals surface area (Å²) in [6.07, 6.45) is 3.02. The Labute approximate surface area is 126 Å². The molecule has 0 aliphatic carbocycles. The van der Waals surface area contributed by atoms with Crippen LogP contribution >= 0.6 is 11.8 Å². The van der Waals surface area contributed by atoms with Gasteiger partial charge in [0.2, 0.25) is 0 Å². The van der Waals surface area contributed by atoms with E-state index in [0.717, 1.165) is 18.0 Å². The lowest BCUT2D eigenvalue weighted by Crippen LogP contribution is -2.20. The molecule has 0 bridgehead atoms. The summed E-state index contributed by atoms with van der Waals surface area (Å²) in [5.41, 5.74) is 2.57. The molecule has 0 fully saturated rings. The van der Waals surface area contributed by atoms with Crippen LogP contribution in [0.5, 0.6) is 0 Å². The Morgan fingerprint density at radius 1 is 1.20 bits per heavy atom. The van der Waals surface area contributed by atoms with Gasteiger partial charge >= 0.3 is 0 Å². The van der Waals surface area contributed by atoms with Gasteiger partial charge in [0.15, 0.2) is 0 Å². The predicted molar refractivity (Wildman–Crippen MR) is 86.2 cm³/mol. The summed E-state index contributed by atoms with van der Waals surface area (Å²) in [6, 6.07) is 13.0. The maximum absolute atomic E-state index is 4.57. The van der Waals surface area contributed by atoms with Crippen LogP contribution in [0.1, 0.15) is 37.4 Å². The number of aromatic nitrogens is 1. The van der Waals surface area contributed by atoms with Crippen molar-refractivity contribution in [3.8, 4) is 0 Å². The molecule has 0 amide bonds. The molecule has 0 saturated heterocycles. The molecule has 0 aliphatic heterocycles. The third-order valence-corrected chi connectivity index (χ3v) is 4.48. The Balaban J connectivity index is 2.22. The fourth-order valence-electron chi connectivity index (χ4n) is 2.06. The number of rotatable bonds is 6. The Morgan fingerprint density at radius 3 is 2.75 bits per heavy atom. The van der Waals surface area contributed by atoms with E-state index >= 15 is 0 Å². The second-order valence-corrected chi connectivity index (χ2v) is 5.97. The summed E-state index contributed by atoms with van der Waals surface area (Å²) in [6.45, 7) is 7.56. The van der Waals surface area contributed by atoms with Crippen LogP contribution in [0.4, 0.5) is 0 Å².